The van der Waals surface area contributed by atoms with Gasteiger partial charge in [-0.05, 0) is 19.0 Å². The summed E-state index contributed by atoms with van der Waals surface area (Å²) in [5.74, 6) is -0.641. The van der Waals surface area contributed by atoms with Gasteiger partial charge in [-0.25, -0.2) is 0 Å². The van der Waals surface area contributed by atoms with Crippen molar-refractivity contribution in [2.75, 3.05) is 33.2 Å². The number of rotatable bonds is 6. The van der Waals surface area contributed by atoms with Crippen LogP contribution in [0.3, 0.4) is 0 Å². The number of carbonyl (C=O) groups is 1. The maximum Gasteiger partial charge on any atom is 0.405 e. The van der Waals surface area contributed by atoms with Crippen LogP contribution >= 0.6 is 0 Å². The first-order valence-corrected chi connectivity index (χ1v) is 5.28. The average molecular weight is 255 g/mol. The van der Waals surface area contributed by atoms with Crippen LogP contribution in [0, 0.1) is 5.41 Å². The fourth-order valence-electron chi connectivity index (χ4n) is 1.35. The quantitative estimate of drug-likeness (QED) is 0.730. The first-order chi connectivity index (χ1) is 7.56. The molecule has 0 radical (unpaired) electrons. The van der Waals surface area contributed by atoms with Crippen molar-refractivity contribution in [3.8, 4) is 0 Å². The number of nitrogens with two attached hydrogens (primary N) is 1. The number of amides is 1. The average Bonchev–Trinajstić information content (AvgIpc) is 2.12. The van der Waals surface area contributed by atoms with Crippen LogP contribution in [0.25, 0.3) is 0 Å². The van der Waals surface area contributed by atoms with Gasteiger partial charge in [0.2, 0.25) is 5.91 Å². The molecule has 0 saturated carbocycles. The Bertz CT molecular complexity index is 254. The topological polar surface area (TPSA) is 58.4 Å². The van der Waals surface area contributed by atoms with Gasteiger partial charge in [0.05, 0.1) is 6.54 Å². The van der Waals surface area contributed by atoms with Crippen molar-refractivity contribution in [2.45, 2.75) is 20.0 Å². The van der Waals surface area contributed by atoms with Crippen LogP contribution in [0.1, 0.15) is 13.8 Å². The number of carbonyl (C=O) groups excluding carboxylic acids is 1. The van der Waals surface area contributed by atoms with Crippen LogP contribution in [0.4, 0.5) is 13.2 Å². The highest BCUT2D eigenvalue weighted by Crippen LogP contribution is 2.14. The zero-order chi connectivity index (χ0) is 13.7. The highest BCUT2D eigenvalue weighted by Gasteiger charge is 2.28. The van der Waals surface area contributed by atoms with Crippen molar-refractivity contribution >= 4 is 5.91 Å². The van der Waals surface area contributed by atoms with E-state index in [0.717, 1.165) is 0 Å². The van der Waals surface area contributed by atoms with Crippen LogP contribution < -0.4 is 11.1 Å². The van der Waals surface area contributed by atoms with Crippen LogP contribution in [-0.4, -0.2) is 50.2 Å². The van der Waals surface area contributed by atoms with Gasteiger partial charge in [0.1, 0.15) is 6.54 Å². The molecule has 17 heavy (non-hydrogen) atoms. The van der Waals surface area contributed by atoms with Crippen LogP contribution in [0.5, 0.6) is 0 Å². The number of likely N-dealkylation sites (N-methyl/N-ethyl adjacent to an activating group) is 1. The van der Waals surface area contributed by atoms with Crippen molar-refractivity contribution in [3.05, 3.63) is 0 Å². The number of alkyl halides is 3. The Hall–Kier alpha value is -0.820. The first kappa shape index (κ1) is 16.2. The maximum atomic E-state index is 11.8. The van der Waals surface area contributed by atoms with Crippen molar-refractivity contribution in [3.63, 3.8) is 0 Å². The molecule has 0 aliphatic carbocycles. The van der Waals surface area contributed by atoms with E-state index in [2.05, 4.69) is 0 Å². The summed E-state index contributed by atoms with van der Waals surface area (Å²) >= 11 is 0. The molecule has 4 nitrogen and oxygen atoms in total. The number of hydrogen-bond acceptors (Lipinski definition) is 3. The summed E-state index contributed by atoms with van der Waals surface area (Å²) in [5.41, 5.74) is 5.36. The molecule has 0 aliphatic heterocycles. The minimum Gasteiger partial charge on any atom is -0.346 e. The summed E-state index contributed by atoms with van der Waals surface area (Å²) in [6.07, 6.45) is -4.37. The Kier molecular flexibility index (Phi) is 5.91. The molecule has 0 aromatic heterocycles. The summed E-state index contributed by atoms with van der Waals surface area (Å²) in [6.45, 7) is 3.48. The van der Waals surface area contributed by atoms with Gasteiger partial charge in [-0.1, -0.05) is 13.8 Å². The van der Waals surface area contributed by atoms with Crippen molar-refractivity contribution in [1.82, 2.24) is 10.2 Å². The van der Waals surface area contributed by atoms with E-state index in [0.29, 0.717) is 13.1 Å². The molecular formula is C10H20F3N3O. The van der Waals surface area contributed by atoms with Crippen molar-refractivity contribution in [1.29, 1.82) is 0 Å². The highest BCUT2D eigenvalue weighted by atomic mass is 19.4. The SMILES string of the molecule is CN(CC(=O)NCC(F)(F)F)CC(C)(C)CN. The lowest BCUT2D eigenvalue weighted by molar-refractivity contribution is -0.139. The lowest BCUT2D eigenvalue weighted by Crippen LogP contribution is -2.43. The van der Waals surface area contributed by atoms with E-state index in [9.17, 15) is 18.0 Å². The lowest BCUT2D eigenvalue weighted by Gasteiger charge is -2.28. The molecule has 102 valence electrons. The third kappa shape index (κ3) is 8.93. The minimum absolute atomic E-state index is 0.0699. The van der Waals surface area contributed by atoms with Crippen LogP contribution in [0.15, 0.2) is 0 Å². The summed E-state index contributed by atoms with van der Waals surface area (Å²) in [4.78, 5) is 12.8. The fraction of sp³-hybridized carbons (Fsp3) is 0.900. The third-order valence-corrected chi connectivity index (χ3v) is 2.15. The fourth-order valence-corrected chi connectivity index (χ4v) is 1.35. The third-order valence-electron chi connectivity index (χ3n) is 2.15. The maximum absolute atomic E-state index is 11.8. The summed E-state index contributed by atoms with van der Waals surface area (Å²) < 4.78 is 35.5. The molecule has 0 fully saturated rings. The van der Waals surface area contributed by atoms with E-state index in [4.69, 9.17) is 5.73 Å². The van der Waals surface area contributed by atoms with Gasteiger partial charge in [-0.2, -0.15) is 13.2 Å². The molecule has 0 aromatic carbocycles. The van der Waals surface area contributed by atoms with Gasteiger partial charge in [-0.3, -0.25) is 9.69 Å². The molecule has 3 N–H and O–H groups in total. The minimum atomic E-state index is -4.37. The van der Waals surface area contributed by atoms with Gasteiger partial charge < -0.3 is 11.1 Å². The van der Waals surface area contributed by atoms with E-state index in [1.165, 1.54) is 0 Å². The van der Waals surface area contributed by atoms with E-state index in [1.807, 2.05) is 19.2 Å². The Labute approximate surface area is 99.3 Å². The van der Waals surface area contributed by atoms with Crippen LogP contribution in [-0.2, 0) is 4.79 Å². The predicted molar refractivity (Wildman–Crippen MR) is 59.4 cm³/mol. The van der Waals surface area contributed by atoms with Crippen molar-refractivity contribution < 1.29 is 18.0 Å². The van der Waals surface area contributed by atoms with Crippen molar-refractivity contribution in [2.24, 2.45) is 11.1 Å². The molecule has 0 aromatic rings. The molecule has 0 heterocycles. The Balaban J connectivity index is 3.97. The standard InChI is InChI=1S/C10H20F3N3O/c1-9(2,5-14)7-16(3)4-8(17)15-6-10(11,12)13/h4-7,14H2,1-3H3,(H,15,17). The zero-order valence-corrected chi connectivity index (χ0v) is 10.4. The highest BCUT2D eigenvalue weighted by molar-refractivity contribution is 5.78. The summed E-state index contributed by atoms with van der Waals surface area (Å²) in [5, 5.41) is 1.82. The number of halogens is 3. The number of hydrogen-bond donors (Lipinski definition) is 2. The molecule has 0 rings (SSSR count). The lowest BCUT2D eigenvalue weighted by atomic mass is 9.93. The van der Waals surface area contributed by atoms with E-state index < -0.39 is 18.6 Å². The smallest absolute Gasteiger partial charge is 0.346 e. The van der Waals surface area contributed by atoms with Gasteiger partial charge in [-0.15, -0.1) is 0 Å². The second-order valence-corrected chi connectivity index (χ2v) is 4.93. The van der Waals surface area contributed by atoms with Gasteiger partial charge in [0, 0.05) is 6.54 Å². The molecule has 0 bridgehead atoms. The predicted octanol–water partition coefficient (Wildman–Crippen LogP) is 0.582. The molecule has 0 unspecified atom stereocenters. The Morgan fingerprint density at radius 3 is 2.29 bits per heavy atom. The van der Waals surface area contributed by atoms with E-state index in [-0.39, 0.29) is 12.0 Å². The Morgan fingerprint density at radius 2 is 1.88 bits per heavy atom. The number of nitrogens with one attached hydrogen (secondary N) is 1. The van der Waals surface area contributed by atoms with E-state index in [1.54, 1.807) is 11.9 Å². The Morgan fingerprint density at radius 1 is 1.35 bits per heavy atom. The molecule has 0 spiro atoms. The second-order valence-electron chi connectivity index (χ2n) is 4.93. The first-order valence-electron chi connectivity index (χ1n) is 5.28. The van der Waals surface area contributed by atoms with E-state index >= 15 is 0 Å². The monoisotopic (exact) mass is 255 g/mol. The summed E-state index contributed by atoms with van der Waals surface area (Å²) in [7, 11) is 1.67. The van der Waals surface area contributed by atoms with Gasteiger partial charge >= 0.3 is 6.18 Å². The van der Waals surface area contributed by atoms with Gasteiger partial charge in [0.15, 0.2) is 0 Å². The molecule has 0 atom stereocenters. The largest absolute Gasteiger partial charge is 0.405 e. The molecule has 0 aliphatic rings. The number of nitrogens with zero attached hydrogens (tertiary/aromatic N) is 1. The molecular weight excluding hydrogens is 235 g/mol. The van der Waals surface area contributed by atoms with Crippen LogP contribution in [0.2, 0.25) is 0 Å². The molecule has 0 saturated heterocycles. The molecule has 7 heteroatoms. The molecule has 1 amide bonds. The zero-order valence-electron chi connectivity index (χ0n) is 10.4. The summed E-state index contributed by atoms with van der Waals surface area (Å²) in [6, 6.07) is 0. The second kappa shape index (κ2) is 6.20. The van der Waals surface area contributed by atoms with Gasteiger partial charge in [0.25, 0.3) is 0 Å². The normalized spacial score (nSPS) is 12.9.